The van der Waals surface area contributed by atoms with Crippen molar-refractivity contribution in [2.24, 2.45) is 12.0 Å². The van der Waals surface area contributed by atoms with Crippen LogP contribution in [0, 0.1) is 6.92 Å². The monoisotopic (exact) mass is 359 g/mol. The summed E-state index contributed by atoms with van der Waals surface area (Å²) >= 11 is 0. The number of H-pyrrole nitrogens is 1. The SMILES string of the molecule is CCNC(=NCCCc1cn[nH]c1C)N(C)Cc1cn(C)nc1C(C)C. The molecule has 0 bridgehead atoms. The second-order valence-electron chi connectivity index (χ2n) is 7.08. The summed E-state index contributed by atoms with van der Waals surface area (Å²) in [7, 11) is 4.06. The maximum Gasteiger partial charge on any atom is 0.193 e. The smallest absolute Gasteiger partial charge is 0.193 e. The second-order valence-corrected chi connectivity index (χ2v) is 7.08. The lowest BCUT2D eigenvalue weighted by Gasteiger charge is -2.22. The topological polar surface area (TPSA) is 74.1 Å². The van der Waals surface area contributed by atoms with Crippen LogP contribution in [0.1, 0.15) is 55.6 Å². The van der Waals surface area contributed by atoms with Gasteiger partial charge in [0.25, 0.3) is 0 Å². The summed E-state index contributed by atoms with van der Waals surface area (Å²) in [5, 5.41) is 15.1. The average Bonchev–Trinajstić information content (AvgIpc) is 3.16. The highest BCUT2D eigenvalue weighted by molar-refractivity contribution is 5.79. The number of rotatable bonds is 8. The van der Waals surface area contributed by atoms with Gasteiger partial charge in [-0.05, 0) is 38.2 Å². The Morgan fingerprint density at radius 3 is 2.77 bits per heavy atom. The molecule has 0 saturated heterocycles. The molecule has 2 heterocycles. The van der Waals surface area contributed by atoms with Crippen LogP contribution >= 0.6 is 0 Å². The minimum Gasteiger partial charge on any atom is -0.357 e. The van der Waals surface area contributed by atoms with Gasteiger partial charge in [0, 0.05) is 51.2 Å². The number of nitrogens with zero attached hydrogens (tertiary/aromatic N) is 5. The summed E-state index contributed by atoms with van der Waals surface area (Å²) in [6.07, 6.45) is 6.02. The van der Waals surface area contributed by atoms with Crippen LogP contribution < -0.4 is 5.32 Å². The second kappa shape index (κ2) is 9.40. The van der Waals surface area contributed by atoms with Crippen molar-refractivity contribution in [2.75, 3.05) is 20.1 Å². The zero-order valence-corrected chi connectivity index (χ0v) is 17.0. The molecule has 0 fully saturated rings. The Morgan fingerprint density at radius 2 is 2.15 bits per heavy atom. The zero-order chi connectivity index (χ0) is 19.1. The highest BCUT2D eigenvalue weighted by Gasteiger charge is 2.15. The molecule has 0 aromatic carbocycles. The number of hydrogen-bond donors (Lipinski definition) is 2. The summed E-state index contributed by atoms with van der Waals surface area (Å²) < 4.78 is 1.90. The summed E-state index contributed by atoms with van der Waals surface area (Å²) in [5.74, 6) is 1.35. The van der Waals surface area contributed by atoms with E-state index >= 15 is 0 Å². The first kappa shape index (κ1) is 20.0. The maximum atomic E-state index is 4.79. The van der Waals surface area contributed by atoms with Gasteiger partial charge in [0.1, 0.15) is 0 Å². The molecule has 2 aromatic rings. The molecule has 0 saturated carbocycles. The molecule has 0 aliphatic carbocycles. The number of hydrogen-bond acceptors (Lipinski definition) is 3. The molecule has 0 spiro atoms. The molecule has 7 heteroatoms. The van der Waals surface area contributed by atoms with Crippen LogP contribution in [-0.4, -0.2) is 51.0 Å². The van der Waals surface area contributed by atoms with Crippen LogP contribution in [0.2, 0.25) is 0 Å². The van der Waals surface area contributed by atoms with E-state index in [-0.39, 0.29) is 0 Å². The average molecular weight is 360 g/mol. The Morgan fingerprint density at radius 1 is 1.38 bits per heavy atom. The molecule has 0 radical (unpaired) electrons. The Bertz CT molecular complexity index is 711. The van der Waals surface area contributed by atoms with Crippen LogP contribution in [0.25, 0.3) is 0 Å². The van der Waals surface area contributed by atoms with Gasteiger partial charge in [0.15, 0.2) is 5.96 Å². The van der Waals surface area contributed by atoms with Gasteiger partial charge < -0.3 is 10.2 Å². The van der Waals surface area contributed by atoms with Gasteiger partial charge in [0.05, 0.1) is 11.9 Å². The fourth-order valence-corrected chi connectivity index (χ4v) is 3.05. The molecule has 2 aromatic heterocycles. The van der Waals surface area contributed by atoms with Crippen molar-refractivity contribution in [3.63, 3.8) is 0 Å². The van der Waals surface area contributed by atoms with Gasteiger partial charge in [-0.15, -0.1) is 0 Å². The van der Waals surface area contributed by atoms with E-state index in [1.54, 1.807) is 0 Å². The van der Waals surface area contributed by atoms with Gasteiger partial charge in [-0.3, -0.25) is 14.8 Å². The molecule has 7 nitrogen and oxygen atoms in total. The van der Waals surface area contributed by atoms with E-state index < -0.39 is 0 Å². The lowest BCUT2D eigenvalue weighted by Crippen LogP contribution is -2.38. The predicted octanol–water partition coefficient (Wildman–Crippen LogP) is 2.61. The number of guanidine groups is 1. The quantitative estimate of drug-likeness (QED) is 0.432. The number of aryl methyl sites for hydroxylation is 3. The number of aromatic amines is 1. The van der Waals surface area contributed by atoms with Crippen molar-refractivity contribution in [1.82, 2.24) is 30.2 Å². The lowest BCUT2D eigenvalue weighted by molar-refractivity contribution is 0.473. The molecule has 0 atom stereocenters. The van der Waals surface area contributed by atoms with Crippen molar-refractivity contribution < 1.29 is 0 Å². The van der Waals surface area contributed by atoms with Gasteiger partial charge in [-0.2, -0.15) is 10.2 Å². The molecule has 26 heavy (non-hydrogen) atoms. The van der Waals surface area contributed by atoms with Crippen molar-refractivity contribution in [2.45, 2.75) is 53.0 Å². The first-order valence-corrected chi connectivity index (χ1v) is 9.43. The standard InChI is InChI=1S/C19H33N7/c1-7-20-19(21-10-8-9-16-11-22-23-15(16)4)25(5)12-17-13-26(6)24-18(17)14(2)3/h11,13-14H,7-10,12H2,1-6H3,(H,20,21)(H,22,23). The number of aliphatic imine (C=N–C) groups is 1. The largest absolute Gasteiger partial charge is 0.357 e. The molecular formula is C19H33N7. The highest BCUT2D eigenvalue weighted by Crippen LogP contribution is 2.18. The van der Waals surface area contributed by atoms with Gasteiger partial charge in [-0.25, -0.2) is 0 Å². The van der Waals surface area contributed by atoms with E-state index in [0.29, 0.717) is 5.92 Å². The summed E-state index contributed by atoms with van der Waals surface area (Å²) in [6, 6.07) is 0. The van der Waals surface area contributed by atoms with E-state index in [4.69, 9.17) is 4.99 Å². The molecule has 0 amide bonds. The lowest BCUT2D eigenvalue weighted by atomic mass is 10.1. The zero-order valence-electron chi connectivity index (χ0n) is 17.0. The van der Waals surface area contributed by atoms with Gasteiger partial charge >= 0.3 is 0 Å². The fourth-order valence-electron chi connectivity index (χ4n) is 3.05. The first-order valence-electron chi connectivity index (χ1n) is 9.43. The molecule has 0 unspecified atom stereocenters. The van der Waals surface area contributed by atoms with E-state index in [1.807, 2.05) is 17.9 Å². The minimum atomic E-state index is 0.414. The molecule has 2 N–H and O–H groups in total. The number of aromatic nitrogens is 4. The maximum absolute atomic E-state index is 4.79. The third kappa shape index (κ3) is 5.34. The Labute approximate surface area is 156 Å². The Balaban J connectivity index is 1.97. The highest BCUT2D eigenvalue weighted by atomic mass is 15.3. The van der Waals surface area contributed by atoms with Crippen LogP contribution in [0.4, 0.5) is 0 Å². The minimum absolute atomic E-state index is 0.414. The van der Waals surface area contributed by atoms with E-state index in [1.165, 1.54) is 11.1 Å². The van der Waals surface area contributed by atoms with Crippen molar-refractivity contribution >= 4 is 5.96 Å². The van der Waals surface area contributed by atoms with E-state index in [0.717, 1.165) is 49.8 Å². The molecule has 0 aliphatic heterocycles. The Hall–Kier alpha value is -2.31. The molecule has 144 valence electrons. The summed E-state index contributed by atoms with van der Waals surface area (Å²) in [4.78, 5) is 6.97. The molecular weight excluding hydrogens is 326 g/mol. The normalized spacial score (nSPS) is 12.0. The van der Waals surface area contributed by atoms with Crippen molar-refractivity contribution in [3.05, 3.63) is 34.9 Å². The van der Waals surface area contributed by atoms with E-state index in [2.05, 4.69) is 66.5 Å². The van der Waals surface area contributed by atoms with Crippen molar-refractivity contribution in [3.8, 4) is 0 Å². The van der Waals surface area contributed by atoms with Gasteiger partial charge in [0.2, 0.25) is 0 Å². The van der Waals surface area contributed by atoms with Crippen LogP contribution in [0.3, 0.4) is 0 Å². The fraction of sp³-hybridized carbons (Fsp3) is 0.632. The van der Waals surface area contributed by atoms with Crippen molar-refractivity contribution in [1.29, 1.82) is 0 Å². The molecule has 0 aliphatic rings. The van der Waals surface area contributed by atoms with Crippen LogP contribution in [-0.2, 0) is 20.0 Å². The first-order chi connectivity index (χ1) is 12.4. The summed E-state index contributed by atoms with van der Waals surface area (Å²) in [6.45, 7) is 11.0. The van der Waals surface area contributed by atoms with E-state index in [9.17, 15) is 0 Å². The van der Waals surface area contributed by atoms with Crippen LogP contribution in [0.15, 0.2) is 17.4 Å². The molecule has 2 rings (SSSR count). The third-order valence-corrected chi connectivity index (χ3v) is 4.39. The third-order valence-electron chi connectivity index (χ3n) is 4.39. The Kier molecular flexibility index (Phi) is 7.24. The summed E-state index contributed by atoms with van der Waals surface area (Å²) in [5.41, 5.74) is 4.83. The van der Waals surface area contributed by atoms with Gasteiger partial charge in [-0.1, -0.05) is 13.8 Å². The predicted molar refractivity (Wildman–Crippen MR) is 106 cm³/mol. The number of nitrogens with one attached hydrogen (secondary N) is 2. The van der Waals surface area contributed by atoms with Crippen LogP contribution in [0.5, 0.6) is 0 Å².